The van der Waals surface area contributed by atoms with E-state index in [0.717, 1.165) is 20.8 Å². The molecular formula is C15H22F6N2O6S3. The summed E-state index contributed by atoms with van der Waals surface area (Å²) in [5, 5.41) is -4.52. The van der Waals surface area contributed by atoms with Crippen molar-refractivity contribution >= 4 is 29.7 Å². The third kappa shape index (κ3) is 3.61. The lowest BCUT2D eigenvalue weighted by atomic mass is 10.2. The fraction of sp³-hybridized carbons (Fsp3) is 0.933. The Morgan fingerprint density at radius 2 is 1.12 bits per heavy atom. The van der Waals surface area contributed by atoms with E-state index in [1.54, 1.807) is 0 Å². The quantitative estimate of drug-likeness (QED) is 0.457. The number of halogens is 6. The molecule has 0 aromatic rings. The summed E-state index contributed by atoms with van der Waals surface area (Å²) in [6.07, 6.45) is 0.279. The van der Waals surface area contributed by atoms with Crippen LogP contribution in [0.4, 0.5) is 26.3 Å². The maximum atomic E-state index is 14.7. The number of sulfone groups is 2. The number of piperidine rings is 1. The lowest BCUT2D eigenvalue weighted by Gasteiger charge is -2.38. The van der Waals surface area contributed by atoms with Crippen molar-refractivity contribution in [2.75, 3.05) is 13.1 Å². The van der Waals surface area contributed by atoms with Crippen LogP contribution in [0.15, 0.2) is 0 Å². The van der Waals surface area contributed by atoms with Crippen molar-refractivity contribution in [2.24, 2.45) is 0 Å². The lowest BCUT2D eigenvalue weighted by Crippen LogP contribution is -2.67. The number of rotatable bonds is 7. The van der Waals surface area contributed by atoms with E-state index in [9.17, 15) is 51.6 Å². The fourth-order valence-corrected chi connectivity index (χ4v) is 9.02. The highest BCUT2D eigenvalue weighted by Crippen LogP contribution is 2.55. The SMILES string of the molecule is CC(C)(C)S(=O)(=O)C(C)(C#N)S(=O)(=O)C(F)(F)C(F)(F)C(F)(F)S(=O)(=O)N1CCCCC1. The summed E-state index contributed by atoms with van der Waals surface area (Å²) in [6.45, 7) is 0.753. The Bertz CT molecular complexity index is 1100. The molecule has 17 heteroatoms. The first kappa shape index (κ1) is 28.9. The van der Waals surface area contributed by atoms with E-state index in [-0.39, 0.29) is 24.1 Å². The molecule has 0 saturated carbocycles. The number of hydrogen-bond donors (Lipinski definition) is 0. The van der Waals surface area contributed by atoms with Crippen molar-refractivity contribution in [3.63, 3.8) is 0 Å². The van der Waals surface area contributed by atoms with Crippen LogP contribution in [0.3, 0.4) is 0 Å². The van der Waals surface area contributed by atoms with Crippen LogP contribution in [-0.2, 0) is 29.7 Å². The average molecular weight is 537 g/mol. The van der Waals surface area contributed by atoms with Crippen molar-refractivity contribution in [1.29, 1.82) is 5.26 Å². The molecule has 0 aromatic carbocycles. The Hall–Kier alpha value is -1.12. The first-order chi connectivity index (χ1) is 13.9. The van der Waals surface area contributed by atoms with E-state index in [1.807, 2.05) is 0 Å². The molecular weight excluding hydrogens is 514 g/mol. The smallest absolute Gasteiger partial charge is 0.226 e. The van der Waals surface area contributed by atoms with Crippen LogP contribution in [0.25, 0.3) is 0 Å². The van der Waals surface area contributed by atoms with Gasteiger partial charge in [-0.05, 0) is 40.5 Å². The van der Waals surface area contributed by atoms with E-state index >= 15 is 0 Å². The Morgan fingerprint density at radius 3 is 1.47 bits per heavy atom. The maximum Gasteiger partial charge on any atom is 0.428 e. The van der Waals surface area contributed by atoms with Gasteiger partial charge in [0, 0.05) is 13.1 Å². The molecule has 1 heterocycles. The number of alkyl halides is 6. The van der Waals surface area contributed by atoms with Gasteiger partial charge in [-0.3, -0.25) is 0 Å². The zero-order valence-corrected chi connectivity index (χ0v) is 19.8. The Morgan fingerprint density at radius 1 is 0.719 bits per heavy atom. The van der Waals surface area contributed by atoms with E-state index in [4.69, 9.17) is 5.26 Å². The van der Waals surface area contributed by atoms with Crippen LogP contribution < -0.4 is 0 Å². The third-order valence-electron chi connectivity index (χ3n) is 5.08. The van der Waals surface area contributed by atoms with Gasteiger partial charge in [-0.2, -0.15) is 35.9 Å². The van der Waals surface area contributed by atoms with Crippen molar-refractivity contribution in [3.8, 4) is 6.07 Å². The van der Waals surface area contributed by atoms with Gasteiger partial charge in [0.15, 0.2) is 9.84 Å². The molecule has 8 nitrogen and oxygen atoms in total. The number of nitriles is 1. The van der Waals surface area contributed by atoms with Gasteiger partial charge in [-0.25, -0.2) is 25.3 Å². The minimum Gasteiger partial charge on any atom is -0.226 e. The highest BCUT2D eigenvalue weighted by atomic mass is 32.3. The first-order valence-corrected chi connectivity index (χ1v) is 13.3. The van der Waals surface area contributed by atoms with Crippen molar-refractivity contribution in [3.05, 3.63) is 0 Å². The molecule has 32 heavy (non-hydrogen) atoms. The molecule has 1 saturated heterocycles. The molecule has 1 atom stereocenters. The molecule has 1 aliphatic rings. The van der Waals surface area contributed by atoms with E-state index in [1.165, 1.54) is 0 Å². The monoisotopic (exact) mass is 536 g/mol. The zero-order chi connectivity index (χ0) is 25.8. The minimum atomic E-state index is -7.32. The van der Waals surface area contributed by atoms with Crippen molar-refractivity contribution < 1.29 is 51.6 Å². The predicted octanol–water partition coefficient (Wildman–Crippen LogP) is 2.49. The van der Waals surface area contributed by atoms with Gasteiger partial charge in [0.05, 0.1) is 4.75 Å². The van der Waals surface area contributed by atoms with E-state index in [0.29, 0.717) is 12.5 Å². The van der Waals surface area contributed by atoms with Gasteiger partial charge >= 0.3 is 16.4 Å². The summed E-state index contributed by atoms with van der Waals surface area (Å²) in [7, 11) is -19.4. The molecule has 1 aliphatic heterocycles. The molecule has 188 valence electrons. The van der Waals surface area contributed by atoms with Gasteiger partial charge in [0.2, 0.25) is 0 Å². The summed E-state index contributed by atoms with van der Waals surface area (Å²) in [4.78, 5) is 0. The molecule has 1 rings (SSSR count). The molecule has 0 aliphatic carbocycles. The molecule has 0 bridgehead atoms. The van der Waals surface area contributed by atoms with Crippen LogP contribution in [-0.4, -0.2) is 67.9 Å². The summed E-state index contributed by atoms with van der Waals surface area (Å²) < 4.78 is 155. The number of sulfonamides is 1. The molecule has 0 amide bonds. The second kappa shape index (κ2) is 7.98. The molecule has 0 N–H and O–H groups in total. The summed E-state index contributed by atoms with van der Waals surface area (Å²) in [6, 6.07) is 0.503. The van der Waals surface area contributed by atoms with E-state index < -0.39 is 68.0 Å². The third-order valence-corrected chi connectivity index (χ3v) is 13.1. The maximum absolute atomic E-state index is 14.7. The highest BCUT2D eigenvalue weighted by molar-refractivity contribution is 8.11. The second-order valence-electron chi connectivity index (χ2n) is 8.25. The number of hydrogen-bond acceptors (Lipinski definition) is 7. The molecule has 0 spiro atoms. The van der Waals surface area contributed by atoms with E-state index in [2.05, 4.69) is 0 Å². The lowest BCUT2D eigenvalue weighted by molar-refractivity contribution is -0.245. The highest BCUT2D eigenvalue weighted by Gasteiger charge is 2.85. The standard InChI is InChI=1S/C15H22F6N2O6S3/c1-11(2,3)30(24,25)12(4,10-22)31(26,27)14(18,19)13(16,17)15(20,21)32(28,29)23-8-6-5-7-9-23/h5-9H2,1-4H3. The topological polar surface area (TPSA) is 129 Å². The summed E-state index contributed by atoms with van der Waals surface area (Å²) in [5.74, 6) is -7.14. The van der Waals surface area contributed by atoms with Gasteiger partial charge < -0.3 is 0 Å². The fourth-order valence-electron chi connectivity index (χ4n) is 2.86. The van der Waals surface area contributed by atoms with Crippen LogP contribution in [0.5, 0.6) is 0 Å². The van der Waals surface area contributed by atoms with Gasteiger partial charge in [-0.1, -0.05) is 6.42 Å². The Balaban J connectivity index is 3.79. The Kier molecular flexibility index (Phi) is 7.21. The zero-order valence-electron chi connectivity index (χ0n) is 17.4. The largest absolute Gasteiger partial charge is 0.428 e. The van der Waals surface area contributed by atoms with Crippen molar-refractivity contribution in [2.45, 2.75) is 72.2 Å². The predicted molar refractivity (Wildman–Crippen MR) is 101 cm³/mol. The van der Waals surface area contributed by atoms with Gasteiger partial charge in [0.1, 0.15) is 6.07 Å². The van der Waals surface area contributed by atoms with Crippen LogP contribution in [0, 0.1) is 11.3 Å². The normalized spacial score (nSPS) is 20.4. The van der Waals surface area contributed by atoms with Crippen LogP contribution in [0.2, 0.25) is 0 Å². The van der Waals surface area contributed by atoms with Crippen molar-refractivity contribution in [1.82, 2.24) is 4.31 Å². The minimum absolute atomic E-state index is 0.0358. The van der Waals surface area contributed by atoms with Crippen LogP contribution in [0.1, 0.15) is 47.0 Å². The molecule has 1 fully saturated rings. The number of nitrogens with zero attached hydrogens (tertiary/aromatic N) is 2. The van der Waals surface area contributed by atoms with Gasteiger partial charge in [0.25, 0.3) is 23.9 Å². The first-order valence-electron chi connectivity index (χ1n) is 8.94. The molecule has 1 unspecified atom stereocenters. The summed E-state index contributed by atoms with van der Waals surface area (Å²) in [5.41, 5.74) is 0. The van der Waals surface area contributed by atoms with Gasteiger partial charge in [-0.15, -0.1) is 0 Å². The second-order valence-corrected chi connectivity index (χ2v) is 15.9. The molecule has 0 radical (unpaired) electrons. The average Bonchev–Trinajstić information content (AvgIpc) is 2.66. The Labute approximate surface area is 182 Å². The summed E-state index contributed by atoms with van der Waals surface area (Å²) >= 11 is 0. The molecule has 0 aromatic heterocycles. The van der Waals surface area contributed by atoms with Crippen LogP contribution >= 0.6 is 0 Å².